The zero-order chi connectivity index (χ0) is 14.8. The fourth-order valence-corrected chi connectivity index (χ4v) is 3.09. The smallest absolute Gasteiger partial charge is 0.220 e. The average Bonchev–Trinajstić information content (AvgIpc) is 2.83. The minimum Gasteiger partial charge on any atom is -0.352 e. The highest BCUT2D eigenvalue weighted by Crippen LogP contribution is 2.34. The van der Waals surface area contributed by atoms with Gasteiger partial charge in [-0.3, -0.25) is 4.79 Å². The van der Waals surface area contributed by atoms with Gasteiger partial charge in [0.2, 0.25) is 5.91 Å². The molecule has 1 fully saturated rings. The first kappa shape index (κ1) is 14.1. The van der Waals surface area contributed by atoms with Crippen molar-refractivity contribution in [3.8, 4) is 0 Å². The number of nitrogens with one attached hydrogen (secondary N) is 1. The molecule has 0 saturated carbocycles. The number of amides is 1. The van der Waals surface area contributed by atoms with Crippen molar-refractivity contribution < 1.29 is 9.18 Å². The van der Waals surface area contributed by atoms with E-state index in [1.54, 1.807) is 12.1 Å². The second-order valence-corrected chi connectivity index (χ2v) is 5.72. The molecular formula is C17H15ClFNO. The Morgan fingerprint density at radius 1 is 1.14 bits per heavy atom. The molecule has 2 aromatic carbocycles. The van der Waals surface area contributed by atoms with Crippen molar-refractivity contribution in [3.05, 3.63) is 70.5 Å². The average molecular weight is 304 g/mol. The highest BCUT2D eigenvalue weighted by molar-refractivity contribution is 6.30. The van der Waals surface area contributed by atoms with Crippen LogP contribution in [0.2, 0.25) is 5.02 Å². The Hall–Kier alpha value is -1.87. The molecule has 108 valence electrons. The summed E-state index contributed by atoms with van der Waals surface area (Å²) >= 11 is 5.86. The number of benzene rings is 2. The molecule has 1 N–H and O–H groups in total. The van der Waals surface area contributed by atoms with Crippen molar-refractivity contribution in [2.24, 2.45) is 0 Å². The van der Waals surface area contributed by atoms with E-state index in [-0.39, 0.29) is 22.9 Å². The van der Waals surface area contributed by atoms with Crippen LogP contribution in [0.3, 0.4) is 0 Å². The van der Waals surface area contributed by atoms with E-state index in [2.05, 4.69) is 5.32 Å². The summed E-state index contributed by atoms with van der Waals surface area (Å²) in [6.45, 7) is 0. The first-order valence-corrected chi connectivity index (χ1v) is 7.30. The van der Waals surface area contributed by atoms with Gasteiger partial charge in [0.1, 0.15) is 5.82 Å². The Morgan fingerprint density at radius 2 is 1.90 bits per heavy atom. The SMILES string of the molecule is O=C1CC(c2cccc(Cl)c2F)C(Cc2ccccc2)N1. The molecule has 2 aromatic rings. The minimum absolute atomic E-state index is 0.0414. The minimum atomic E-state index is -0.418. The van der Waals surface area contributed by atoms with Crippen LogP contribution in [0.15, 0.2) is 48.5 Å². The molecule has 1 aliphatic heterocycles. The topological polar surface area (TPSA) is 29.1 Å². The normalized spacial score (nSPS) is 21.3. The third-order valence-electron chi connectivity index (χ3n) is 3.92. The fourth-order valence-electron chi connectivity index (χ4n) is 2.90. The summed E-state index contributed by atoms with van der Waals surface area (Å²) in [4.78, 5) is 11.8. The molecule has 0 bridgehead atoms. The summed E-state index contributed by atoms with van der Waals surface area (Å²) in [5.74, 6) is -0.643. The number of halogens is 2. The van der Waals surface area contributed by atoms with Gasteiger partial charge in [0.15, 0.2) is 0 Å². The number of rotatable bonds is 3. The third kappa shape index (κ3) is 2.93. The van der Waals surface area contributed by atoms with Gasteiger partial charge in [-0.05, 0) is 23.6 Å². The summed E-state index contributed by atoms with van der Waals surface area (Å²) in [5.41, 5.74) is 1.64. The van der Waals surface area contributed by atoms with Crippen molar-refractivity contribution >= 4 is 17.5 Å². The quantitative estimate of drug-likeness (QED) is 0.920. The van der Waals surface area contributed by atoms with Crippen molar-refractivity contribution in [3.63, 3.8) is 0 Å². The van der Waals surface area contributed by atoms with Gasteiger partial charge in [0.25, 0.3) is 0 Å². The van der Waals surface area contributed by atoms with Gasteiger partial charge in [-0.1, -0.05) is 54.1 Å². The van der Waals surface area contributed by atoms with Crippen LogP contribution >= 0.6 is 11.6 Å². The number of carbonyl (C=O) groups is 1. The molecule has 0 spiro atoms. The van der Waals surface area contributed by atoms with E-state index in [1.165, 1.54) is 6.07 Å². The Balaban J connectivity index is 1.89. The zero-order valence-electron chi connectivity index (χ0n) is 11.4. The first-order valence-electron chi connectivity index (χ1n) is 6.92. The van der Waals surface area contributed by atoms with E-state index in [1.807, 2.05) is 30.3 Å². The summed E-state index contributed by atoms with van der Waals surface area (Å²) in [7, 11) is 0. The molecule has 21 heavy (non-hydrogen) atoms. The van der Waals surface area contributed by atoms with Crippen LogP contribution in [0.4, 0.5) is 4.39 Å². The monoisotopic (exact) mass is 303 g/mol. The lowest BCUT2D eigenvalue weighted by Crippen LogP contribution is -2.30. The van der Waals surface area contributed by atoms with Crippen LogP contribution in [-0.2, 0) is 11.2 Å². The van der Waals surface area contributed by atoms with Gasteiger partial charge in [-0.15, -0.1) is 0 Å². The lowest BCUT2D eigenvalue weighted by molar-refractivity contribution is -0.119. The predicted octanol–water partition coefficient (Wildman–Crippen LogP) is 3.69. The zero-order valence-corrected chi connectivity index (χ0v) is 12.1. The molecule has 1 saturated heterocycles. The Kier molecular flexibility index (Phi) is 3.93. The summed E-state index contributed by atoms with van der Waals surface area (Å²) < 4.78 is 14.2. The number of carbonyl (C=O) groups excluding carboxylic acids is 1. The van der Waals surface area contributed by atoms with E-state index in [0.717, 1.165) is 5.56 Å². The maximum atomic E-state index is 14.2. The van der Waals surface area contributed by atoms with Gasteiger partial charge < -0.3 is 5.32 Å². The van der Waals surface area contributed by atoms with E-state index in [0.29, 0.717) is 18.4 Å². The van der Waals surface area contributed by atoms with Crippen molar-refractivity contribution in [1.82, 2.24) is 5.32 Å². The Bertz CT molecular complexity index is 659. The molecule has 3 rings (SSSR count). The molecular weight excluding hydrogens is 289 g/mol. The fraction of sp³-hybridized carbons (Fsp3) is 0.235. The third-order valence-corrected chi connectivity index (χ3v) is 4.21. The lowest BCUT2D eigenvalue weighted by Gasteiger charge is -2.20. The molecule has 2 atom stereocenters. The van der Waals surface area contributed by atoms with Crippen LogP contribution in [0, 0.1) is 5.82 Å². The molecule has 2 nitrogen and oxygen atoms in total. The highest BCUT2D eigenvalue weighted by atomic mass is 35.5. The molecule has 4 heteroatoms. The van der Waals surface area contributed by atoms with Gasteiger partial charge in [-0.25, -0.2) is 4.39 Å². The van der Waals surface area contributed by atoms with E-state index < -0.39 is 5.82 Å². The Labute approximate surface area is 127 Å². The number of hydrogen-bond donors (Lipinski definition) is 1. The molecule has 0 aromatic heterocycles. The van der Waals surface area contributed by atoms with E-state index >= 15 is 0 Å². The summed E-state index contributed by atoms with van der Waals surface area (Å²) in [5, 5.41) is 3.05. The standard InChI is InChI=1S/C17H15ClFNO/c18-14-8-4-7-12(17(14)19)13-10-16(21)20-15(13)9-11-5-2-1-3-6-11/h1-8,13,15H,9-10H2,(H,20,21). The lowest BCUT2D eigenvalue weighted by atomic mass is 9.88. The predicted molar refractivity (Wildman–Crippen MR) is 80.8 cm³/mol. The van der Waals surface area contributed by atoms with Crippen LogP contribution in [-0.4, -0.2) is 11.9 Å². The van der Waals surface area contributed by atoms with Gasteiger partial charge in [0.05, 0.1) is 5.02 Å². The van der Waals surface area contributed by atoms with Crippen molar-refractivity contribution in [1.29, 1.82) is 0 Å². The van der Waals surface area contributed by atoms with Crippen LogP contribution < -0.4 is 5.32 Å². The van der Waals surface area contributed by atoms with Crippen LogP contribution in [0.25, 0.3) is 0 Å². The second kappa shape index (κ2) is 5.86. The molecule has 0 aliphatic carbocycles. The van der Waals surface area contributed by atoms with Gasteiger partial charge in [0, 0.05) is 18.4 Å². The second-order valence-electron chi connectivity index (χ2n) is 5.32. The Morgan fingerprint density at radius 3 is 2.67 bits per heavy atom. The largest absolute Gasteiger partial charge is 0.352 e. The van der Waals surface area contributed by atoms with Crippen LogP contribution in [0.1, 0.15) is 23.5 Å². The van der Waals surface area contributed by atoms with Crippen molar-refractivity contribution in [2.75, 3.05) is 0 Å². The molecule has 1 heterocycles. The van der Waals surface area contributed by atoms with Crippen LogP contribution in [0.5, 0.6) is 0 Å². The molecule has 1 amide bonds. The summed E-state index contributed by atoms with van der Waals surface area (Å²) in [6.07, 6.45) is 0.984. The van der Waals surface area contributed by atoms with Crippen molar-refractivity contribution in [2.45, 2.75) is 24.8 Å². The van der Waals surface area contributed by atoms with E-state index in [4.69, 9.17) is 11.6 Å². The number of hydrogen-bond acceptors (Lipinski definition) is 1. The highest BCUT2D eigenvalue weighted by Gasteiger charge is 2.35. The molecule has 0 radical (unpaired) electrons. The molecule has 1 aliphatic rings. The van der Waals surface area contributed by atoms with Gasteiger partial charge in [-0.2, -0.15) is 0 Å². The van der Waals surface area contributed by atoms with Gasteiger partial charge >= 0.3 is 0 Å². The first-order chi connectivity index (χ1) is 10.1. The maximum Gasteiger partial charge on any atom is 0.220 e. The molecule has 2 unspecified atom stereocenters. The maximum absolute atomic E-state index is 14.2. The summed E-state index contributed by atoms with van der Waals surface area (Å²) in [6, 6.07) is 14.7. The van der Waals surface area contributed by atoms with E-state index in [9.17, 15) is 9.18 Å².